The van der Waals surface area contributed by atoms with Crippen molar-refractivity contribution in [3.63, 3.8) is 0 Å². The molecule has 1 heterocycles. The fourth-order valence-electron chi connectivity index (χ4n) is 1.57. The molecule has 0 aromatic heterocycles. The first-order valence-corrected chi connectivity index (χ1v) is 4.46. The van der Waals surface area contributed by atoms with E-state index in [2.05, 4.69) is 60.5 Å². The van der Waals surface area contributed by atoms with E-state index in [-0.39, 0.29) is 6.26 Å². The molecule has 0 unspecified atom stereocenters. The van der Waals surface area contributed by atoms with E-state index < -0.39 is 0 Å². The molecule has 0 radical (unpaired) electrons. The van der Waals surface area contributed by atoms with Gasteiger partial charge in [-0.25, -0.2) is 0 Å². The van der Waals surface area contributed by atoms with Gasteiger partial charge >= 0.3 is 6.26 Å². The van der Waals surface area contributed by atoms with Crippen LogP contribution in [0.5, 0.6) is 0 Å². The number of hydrogen-bond acceptors (Lipinski definition) is 3. The van der Waals surface area contributed by atoms with Crippen LogP contribution in [0.15, 0.2) is 24.3 Å². The summed E-state index contributed by atoms with van der Waals surface area (Å²) in [7, 11) is 4.11. The minimum absolute atomic E-state index is 0.169. The molecule has 4 heteroatoms. The van der Waals surface area contributed by atoms with Gasteiger partial charge in [0.2, 0.25) is 0 Å². The molecule has 0 saturated carbocycles. The fourth-order valence-corrected chi connectivity index (χ4v) is 1.82. The van der Waals surface area contributed by atoms with E-state index in [1.807, 2.05) is 0 Å². The SMILES string of the molecule is CN1B(S)N(C)c2ccccc21. The number of nitrogens with zero attached hydrogens (tertiary/aromatic N) is 2. The highest BCUT2D eigenvalue weighted by atomic mass is 32.1. The molecular weight excluding hydrogens is 167 g/mol. The van der Waals surface area contributed by atoms with Crippen LogP contribution in [0, 0.1) is 0 Å². The molecule has 0 saturated heterocycles. The lowest BCUT2D eigenvalue weighted by molar-refractivity contribution is 1.33. The largest absolute Gasteiger partial charge is 0.443 e. The molecule has 0 atom stereocenters. The van der Waals surface area contributed by atoms with E-state index in [1.54, 1.807) is 0 Å². The van der Waals surface area contributed by atoms with E-state index >= 15 is 0 Å². The van der Waals surface area contributed by atoms with Crippen molar-refractivity contribution < 1.29 is 0 Å². The molecule has 62 valence electrons. The Morgan fingerprint density at radius 2 is 1.50 bits per heavy atom. The molecule has 1 aliphatic heterocycles. The maximum atomic E-state index is 4.48. The minimum Gasteiger partial charge on any atom is -0.388 e. The lowest BCUT2D eigenvalue weighted by Crippen LogP contribution is -2.39. The third kappa shape index (κ3) is 0.910. The standard InChI is InChI=1S/C8H11BN2S/c1-10-7-5-3-4-6-8(7)11(2)9(10)12/h3-6,12H,1-2H3. The second-order valence-corrected chi connectivity index (χ2v) is 3.52. The number of anilines is 2. The van der Waals surface area contributed by atoms with Gasteiger partial charge in [-0.1, -0.05) is 12.1 Å². The van der Waals surface area contributed by atoms with Crippen molar-refractivity contribution in [1.29, 1.82) is 0 Å². The predicted molar refractivity (Wildman–Crippen MR) is 58.0 cm³/mol. The Kier molecular flexibility index (Phi) is 1.72. The van der Waals surface area contributed by atoms with Gasteiger partial charge in [-0.15, -0.1) is 0 Å². The van der Waals surface area contributed by atoms with E-state index in [0.717, 1.165) is 0 Å². The molecule has 12 heavy (non-hydrogen) atoms. The summed E-state index contributed by atoms with van der Waals surface area (Å²) < 4.78 is 0. The zero-order chi connectivity index (χ0) is 8.72. The van der Waals surface area contributed by atoms with Crippen LogP contribution in [0.1, 0.15) is 0 Å². The number of benzene rings is 1. The number of thiol groups is 1. The average Bonchev–Trinajstić information content (AvgIpc) is 2.33. The van der Waals surface area contributed by atoms with Crippen molar-refractivity contribution in [1.82, 2.24) is 0 Å². The van der Waals surface area contributed by atoms with Crippen LogP contribution in [0.3, 0.4) is 0 Å². The summed E-state index contributed by atoms with van der Waals surface area (Å²) >= 11 is 4.48. The van der Waals surface area contributed by atoms with Crippen molar-refractivity contribution in [2.45, 2.75) is 0 Å². The first-order chi connectivity index (χ1) is 5.72. The molecule has 0 amide bonds. The normalized spacial score (nSPS) is 15.4. The van der Waals surface area contributed by atoms with Gasteiger partial charge in [0, 0.05) is 11.4 Å². The minimum atomic E-state index is 0.169. The highest BCUT2D eigenvalue weighted by Gasteiger charge is 2.32. The molecule has 0 bridgehead atoms. The second-order valence-electron chi connectivity index (χ2n) is 3.06. The molecular formula is C8H11BN2S. The fraction of sp³-hybridized carbons (Fsp3) is 0.250. The zero-order valence-electron chi connectivity index (χ0n) is 7.23. The first kappa shape index (κ1) is 7.86. The molecule has 0 spiro atoms. The number of rotatable bonds is 0. The summed E-state index contributed by atoms with van der Waals surface area (Å²) in [5.41, 5.74) is 2.50. The predicted octanol–water partition coefficient (Wildman–Crippen LogP) is 1.49. The van der Waals surface area contributed by atoms with Crippen molar-refractivity contribution >= 4 is 30.1 Å². The lowest BCUT2D eigenvalue weighted by Gasteiger charge is -2.17. The molecule has 1 aliphatic rings. The van der Waals surface area contributed by atoms with Crippen LogP contribution < -0.4 is 9.62 Å². The Morgan fingerprint density at radius 3 is 1.92 bits per heavy atom. The smallest absolute Gasteiger partial charge is 0.388 e. The summed E-state index contributed by atoms with van der Waals surface area (Å²) in [6.45, 7) is 0. The molecule has 2 nitrogen and oxygen atoms in total. The molecule has 1 aromatic rings. The van der Waals surface area contributed by atoms with Crippen molar-refractivity contribution in [2.75, 3.05) is 23.7 Å². The monoisotopic (exact) mass is 178 g/mol. The van der Waals surface area contributed by atoms with Crippen molar-refractivity contribution in [3.8, 4) is 0 Å². The van der Waals surface area contributed by atoms with Gasteiger partial charge in [0.25, 0.3) is 0 Å². The second kappa shape index (κ2) is 2.63. The summed E-state index contributed by atoms with van der Waals surface area (Å²) in [5.74, 6) is 0. The highest BCUT2D eigenvalue weighted by Crippen LogP contribution is 2.36. The first-order valence-electron chi connectivity index (χ1n) is 3.94. The van der Waals surface area contributed by atoms with Crippen LogP contribution >= 0.6 is 12.5 Å². The highest BCUT2D eigenvalue weighted by molar-refractivity contribution is 8.11. The topological polar surface area (TPSA) is 6.48 Å². The third-order valence-electron chi connectivity index (χ3n) is 2.33. The molecule has 0 fully saturated rings. The Hall–Kier alpha value is -0.765. The van der Waals surface area contributed by atoms with Crippen molar-refractivity contribution in [2.24, 2.45) is 0 Å². The van der Waals surface area contributed by atoms with Gasteiger partial charge in [0.15, 0.2) is 0 Å². The Bertz CT molecular complexity index is 276. The van der Waals surface area contributed by atoms with Crippen molar-refractivity contribution in [3.05, 3.63) is 24.3 Å². The maximum Gasteiger partial charge on any atom is 0.443 e. The van der Waals surface area contributed by atoms with E-state index in [4.69, 9.17) is 0 Å². The average molecular weight is 178 g/mol. The van der Waals surface area contributed by atoms with Crippen LogP contribution in [0.4, 0.5) is 11.4 Å². The lowest BCUT2D eigenvalue weighted by atomic mass is 10.1. The van der Waals surface area contributed by atoms with E-state index in [0.29, 0.717) is 0 Å². The van der Waals surface area contributed by atoms with E-state index in [9.17, 15) is 0 Å². The van der Waals surface area contributed by atoms with Crippen LogP contribution in [-0.4, -0.2) is 20.4 Å². The van der Waals surface area contributed by atoms with Crippen LogP contribution in [-0.2, 0) is 0 Å². The van der Waals surface area contributed by atoms with Crippen LogP contribution in [0.25, 0.3) is 0 Å². The number of fused-ring (bicyclic) bond motifs is 1. The van der Waals surface area contributed by atoms with E-state index in [1.165, 1.54) is 11.4 Å². The number of para-hydroxylation sites is 2. The zero-order valence-corrected chi connectivity index (χ0v) is 8.12. The van der Waals surface area contributed by atoms with Gasteiger partial charge in [0.05, 0.1) is 0 Å². The molecule has 0 N–H and O–H groups in total. The quantitative estimate of drug-likeness (QED) is 0.475. The van der Waals surface area contributed by atoms with Gasteiger partial charge in [0.1, 0.15) is 0 Å². The Labute approximate surface area is 78.6 Å². The summed E-state index contributed by atoms with van der Waals surface area (Å²) in [6, 6.07) is 8.33. The number of hydrogen-bond donors (Lipinski definition) is 1. The van der Waals surface area contributed by atoms with Gasteiger partial charge in [-0.2, -0.15) is 12.5 Å². The Balaban J connectivity index is 2.52. The summed E-state index contributed by atoms with van der Waals surface area (Å²) in [6.07, 6.45) is 0.169. The summed E-state index contributed by atoms with van der Waals surface area (Å²) in [4.78, 5) is 4.30. The van der Waals surface area contributed by atoms with Gasteiger partial charge < -0.3 is 9.62 Å². The van der Waals surface area contributed by atoms with Crippen LogP contribution in [0.2, 0.25) is 0 Å². The maximum absolute atomic E-state index is 4.48. The third-order valence-corrected chi connectivity index (χ3v) is 3.03. The Morgan fingerprint density at radius 1 is 1.08 bits per heavy atom. The van der Waals surface area contributed by atoms with Gasteiger partial charge in [-0.3, -0.25) is 0 Å². The molecule has 1 aromatic carbocycles. The molecule has 2 rings (SSSR count). The van der Waals surface area contributed by atoms with Gasteiger partial charge in [-0.05, 0) is 26.2 Å². The molecule has 0 aliphatic carbocycles. The summed E-state index contributed by atoms with van der Waals surface area (Å²) in [5, 5.41) is 0.